The van der Waals surface area contributed by atoms with E-state index in [0.717, 1.165) is 11.8 Å². The molecule has 3 rings (SSSR count). The number of nitrogens with zero attached hydrogens (tertiary/aromatic N) is 1. The van der Waals surface area contributed by atoms with E-state index in [4.69, 9.17) is 0 Å². The van der Waals surface area contributed by atoms with Gasteiger partial charge in [-0.3, -0.25) is 4.90 Å². The van der Waals surface area contributed by atoms with Gasteiger partial charge >= 0.3 is 6.03 Å². The van der Waals surface area contributed by atoms with E-state index in [1.54, 1.807) is 29.2 Å². The molecule has 8 heteroatoms. The van der Waals surface area contributed by atoms with E-state index in [2.05, 4.69) is 21.9 Å². The van der Waals surface area contributed by atoms with Crippen molar-refractivity contribution in [1.29, 1.82) is 0 Å². The van der Waals surface area contributed by atoms with Crippen molar-refractivity contribution in [2.45, 2.75) is 4.90 Å². The number of hydrogen-bond donors (Lipinski definition) is 2. The fourth-order valence-corrected chi connectivity index (χ4v) is 3.39. The predicted molar refractivity (Wildman–Crippen MR) is 95.7 cm³/mol. The molecule has 0 bridgehead atoms. The molecule has 0 saturated carbocycles. The van der Waals surface area contributed by atoms with E-state index >= 15 is 0 Å². The summed E-state index contributed by atoms with van der Waals surface area (Å²) in [6, 6.07) is 11.7. The van der Waals surface area contributed by atoms with Gasteiger partial charge in [-0.15, -0.1) is 0 Å². The molecule has 0 aliphatic carbocycles. The molecule has 1 aliphatic rings. The quantitative estimate of drug-likeness (QED) is 0.801. The van der Waals surface area contributed by atoms with Crippen LogP contribution in [0.15, 0.2) is 53.4 Å². The van der Waals surface area contributed by atoms with Gasteiger partial charge in [-0.05, 0) is 42.5 Å². The standard InChI is InChI=1S/C18H16FN3O3S/c19-15-4-1-5-17(13-15)26(24,25)21-10-2-3-14-6-8-16(9-7-14)22-12-11-20-18(22)23/h1,4-9,13,21H,10-12H2,(H,20,23). The summed E-state index contributed by atoms with van der Waals surface area (Å²) in [5, 5.41) is 2.73. The summed E-state index contributed by atoms with van der Waals surface area (Å²) in [6.07, 6.45) is 0. The number of nitrogens with one attached hydrogen (secondary N) is 2. The topological polar surface area (TPSA) is 78.5 Å². The second-order valence-electron chi connectivity index (χ2n) is 5.51. The Hall–Kier alpha value is -2.89. The number of amides is 2. The van der Waals surface area contributed by atoms with Gasteiger partial charge in [-0.25, -0.2) is 17.6 Å². The number of halogens is 1. The first-order valence-electron chi connectivity index (χ1n) is 7.85. The van der Waals surface area contributed by atoms with Crippen LogP contribution in [-0.2, 0) is 10.0 Å². The van der Waals surface area contributed by atoms with Crippen molar-refractivity contribution in [3.8, 4) is 11.8 Å². The number of anilines is 1. The summed E-state index contributed by atoms with van der Waals surface area (Å²) in [5.41, 5.74) is 1.47. The maximum atomic E-state index is 13.1. The normalized spacial score (nSPS) is 13.9. The zero-order chi connectivity index (χ0) is 18.6. The van der Waals surface area contributed by atoms with Gasteiger partial charge < -0.3 is 5.32 Å². The van der Waals surface area contributed by atoms with Crippen LogP contribution >= 0.6 is 0 Å². The lowest BCUT2D eigenvalue weighted by Crippen LogP contribution is -2.27. The highest BCUT2D eigenvalue weighted by Gasteiger charge is 2.20. The predicted octanol–water partition coefficient (Wildman–Crippen LogP) is 1.69. The highest BCUT2D eigenvalue weighted by Crippen LogP contribution is 2.16. The van der Waals surface area contributed by atoms with Gasteiger partial charge in [0.2, 0.25) is 10.0 Å². The molecule has 2 N–H and O–H groups in total. The van der Waals surface area contributed by atoms with Crippen LogP contribution in [0.5, 0.6) is 0 Å². The molecule has 2 aromatic rings. The largest absolute Gasteiger partial charge is 0.336 e. The van der Waals surface area contributed by atoms with Crippen molar-refractivity contribution in [3.63, 3.8) is 0 Å². The molecular formula is C18H16FN3O3S. The molecule has 0 atom stereocenters. The highest BCUT2D eigenvalue weighted by atomic mass is 32.2. The van der Waals surface area contributed by atoms with E-state index in [1.165, 1.54) is 18.2 Å². The summed E-state index contributed by atoms with van der Waals surface area (Å²) in [7, 11) is -3.80. The number of hydrogen-bond acceptors (Lipinski definition) is 3. The Kier molecular flexibility index (Phi) is 5.21. The van der Waals surface area contributed by atoms with Crippen molar-refractivity contribution in [1.82, 2.24) is 10.0 Å². The summed E-state index contributed by atoms with van der Waals surface area (Å²) in [4.78, 5) is 13.1. The number of carbonyl (C=O) groups excluding carboxylic acids is 1. The van der Waals surface area contributed by atoms with Crippen LogP contribution in [0.4, 0.5) is 14.9 Å². The monoisotopic (exact) mass is 373 g/mol. The van der Waals surface area contributed by atoms with Crippen molar-refractivity contribution in [2.75, 3.05) is 24.5 Å². The maximum absolute atomic E-state index is 13.1. The summed E-state index contributed by atoms with van der Waals surface area (Å²) < 4.78 is 39.5. The van der Waals surface area contributed by atoms with Crippen LogP contribution in [0.2, 0.25) is 0 Å². The minimum absolute atomic E-state index is 0.102. The smallest absolute Gasteiger partial charge is 0.321 e. The van der Waals surface area contributed by atoms with Crippen LogP contribution in [-0.4, -0.2) is 34.1 Å². The summed E-state index contributed by atoms with van der Waals surface area (Å²) in [6.45, 7) is 1.13. The SMILES string of the molecule is O=C1NCCN1c1ccc(C#CCNS(=O)(=O)c2cccc(F)c2)cc1. The van der Waals surface area contributed by atoms with Crippen molar-refractivity contribution in [2.24, 2.45) is 0 Å². The van der Waals surface area contributed by atoms with Gasteiger partial charge in [0, 0.05) is 24.3 Å². The maximum Gasteiger partial charge on any atom is 0.321 e. The van der Waals surface area contributed by atoms with Gasteiger partial charge in [-0.2, -0.15) is 4.72 Å². The highest BCUT2D eigenvalue weighted by molar-refractivity contribution is 7.89. The number of sulfonamides is 1. The number of carbonyl (C=O) groups is 1. The molecule has 0 spiro atoms. The third-order valence-electron chi connectivity index (χ3n) is 3.73. The molecule has 0 unspecified atom stereocenters. The zero-order valence-corrected chi connectivity index (χ0v) is 14.5. The molecule has 0 radical (unpaired) electrons. The van der Waals surface area contributed by atoms with Crippen LogP contribution in [0.3, 0.4) is 0 Å². The van der Waals surface area contributed by atoms with E-state index in [1.807, 2.05) is 0 Å². The Morgan fingerprint density at radius 1 is 1.19 bits per heavy atom. The first kappa shape index (κ1) is 17.9. The molecular weight excluding hydrogens is 357 g/mol. The molecule has 2 amide bonds. The fraction of sp³-hybridized carbons (Fsp3) is 0.167. The van der Waals surface area contributed by atoms with Gasteiger partial charge in [0.05, 0.1) is 11.4 Å². The summed E-state index contributed by atoms with van der Waals surface area (Å²) in [5.74, 6) is 4.93. The van der Waals surface area contributed by atoms with E-state index < -0.39 is 15.8 Å². The number of rotatable bonds is 4. The molecule has 134 valence electrons. The van der Waals surface area contributed by atoms with Gasteiger partial charge in [0.25, 0.3) is 0 Å². The van der Waals surface area contributed by atoms with Gasteiger partial charge in [0.15, 0.2) is 0 Å². The minimum atomic E-state index is -3.80. The fourth-order valence-electron chi connectivity index (χ4n) is 2.44. The lowest BCUT2D eigenvalue weighted by molar-refractivity contribution is 0.252. The lowest BCUT2D eigenvalue weighted by Gasteiger charge is -2.13. The molecule has 26 heavy (non-hydrogen) atoms. The molecule has 2 aromatic carbocycles. The van der Waals surface area contributed by atoms with Crippen molar-refractivity contribution < 1.29 is 17.6 Å². The number of urea groups is 1. The Balaban J connectivity index is 1.60. The van der Waals surface area contributed by atoms with Gasteiger partial charge in [-0.1, -0.05) is 17.9 Å². The Morgan fingerprint density at radius 2 is 1.96 bits per heavy atom. The average Bonchev–Trinajstić information content (AvgIpc) is 3.05. The van der Waals surface area contributed by atoms with Crippen LogP contribution in [0, 0.1) is 17.7 Å². The second kappa shape index (κ2) is 7.56. The third-order valence-corrected chi connectivity index (χ3v) is 5.12. The molecule has 0 aromatic heterocycles. The van der Waals surface area contributed by atoms with Gasteiger partial charge in [0.1, 0.15) is 5.82 Å². The molecule has 1 heterocycles. The third kappa shape index (κ3) is 4.20. The lowest BCUT2D eigenvalue weighted by atomic mass is 10.2. The molecule has 6 nitrogen and oxygen atoms in total. The Bertz CT molecular complexity index is 979. The zero-order valence-electron chi connectivity index (χ0n) is 13.7. The van der Waals surface area contributed by atoms with Crippen molar-refractivity contribution in [3.05, 3.63) is 59.9 Å². The minimum Gasteiger partial charge on any atom is -0.336 e. The first-order valence-corrected chi connectivity index (χ1v) is 9.33. The Morgan fingerprint density at radius 3 is 2.62 bits per heavy atom. The van der Waals surface area contributed by atoms with E-state index in [0.29, 0.717) is 18.7 Å². The average molecular weight is 373 g/mol. The van der Waals surface area contributed by atoms with Crippen LogP contribution in [0.25, 0.3) is 0 Å². The van der Waals surface area contributed by atoms with Crippen LogP contribution < -0.4 is 14.9 Å². The molecule has 1 aliphatic heterocycles. The van der Waals surface area contributed by atoms with E-state index in [9.17, 15) is 17.6 Å². The summed E-state index contributed by atoms with van der Waals surface area (Å²) >= 11 is 0. The second-order valence-corrected chi connectivity index (χ2v) is 7.28. The van der Waals surface area contributed by atoms with Crippen molar-refractivity contribution >= 4 is 21.7 Å². The number of benzene rings is 2. The first-order chi connectivity index (χ1) is 12.5. The van der Waals surface area contributed by atoms with Crippen LogP contribution in [0.1, 0.15) is 5.56 Å². The molecule has 1 saturated heterocycles. The molecule has 1 fully saturated rings. The Labute approximate surface area is 151 Å². The van der Waals surface area contributed by atoms with E-state index in [-0.39, 0.29) is 17.5 Å².